The van der Waals surface area contributed by atoms with Gasteiger partial charge >= 0.3 is 0 Å². The predicted molar refractivity (Wildman–Crippen MR) is 20.1 cm³/mol. The van der Waals surface area contributed by atoms with E-state index in [1.165, 1.54) is 0 Å². The van der Waals surface area contributed by atoms with Crippen molar-refractivity contribution < 1.29 is 5.48 Å². The van der Waals surface area contributed by atoms with Gasteiger partial charge in [-0.25, -0.2) is 0 Å². The molecule has 0 fully saturated rings. The maximum atomic E-state index is 0. The van der Waals surface area contributed by atoms with E-state index in [1.807, 2.05) is 0 Å². The number of hydrogen-bond donors (Lipinski definition) is 1. The third-order valence-corrected chi connectivity index (χ3v) is 0. The summed E-state index contributed by atoms with van der Waals surface area (Å²) in [6.45, 7) is 0. The van der Waals surface area contributed by atoms with Gasteiger partial charge in [-0.15, -0.1) is 0 Å². The molecule has 0 atom stereocenters. The zero-order valence-corrected chi connectivity index (χ0v) is 5.94. The Morgan fingerprint density at radius 3 is 1.00 bits per heavy atom. The van der Waals surface area contributed by atoms with E-state index in [0.717, 1.165) is 0 Å². The summed E-state index contributed by atoms with van der Waals surface area (Å²) in [5, 5.41) is 0. The minimum atomic E-state index is 0. The van der Waals surface area contributed by atoms with Gasteiger partial charge in [0.1, 0.15) is 0 Å². The van der Waals surface area contributed by atoms with E-state index in [-0.39, 0.29) is 48.8 Å². The fourth-order valence-corrected chi connectivity index (χ4v) is 0. The van der Waals surface area contributed by atoms with Gasteiger partial charge in [0, 0.05) is 37.2 Å². The molecule has 0 amide bonds. The summed E-state index contributed by atoms with van der Waals surface area (Å²) in [7, 11) is 0. The van der Waals surface area contributed by atoms with Gasteiger partial charge in [-0.2, -0.15) is 0 Å². The zero-order chi connectivity index (χ0) is 0. The van der Waals surface area contributed by atoms with Crippen molar-refractivity contribution in [3.05, 3.63) is 0 Å². The summed E-state index contributed by atoms with van der Waals surface area (Å²) < 4.78 is 0. The normalized spacial score (nSPS) is 0. The maximum Gasteiger partial charge on any atom is 0 e. The van der Waals surface area contributed by atoms with Crippen LogP contribution in [-0.4, -0.2) is 42.6 Å². The largest absolute Gasteiger partial charge is 0.412 e. The predicted octanol–water partition coefficient (Wildman–Crippen LogP) is -1.42. The van der Waals surface area contributed by atoms with Gasteiger partial charge in [-0.1, -0.05) is 0 Å². The second kappa shape index (κ2) is 32.9. The third kappa shape index (κ3) is 11.4. The monoisotopic (exact) mass is 131 g/mol. The fraction of sp³-hybridized carbons (Fsp3) is 0. The molecule has 0 aromatic heterocycles. The molecule has 0 aliphatic rings. The van der Waals surface area contributed by atoms with Crippen LogP contribution in [0.4, 0.5) is 0 Å². The van der Waals surface area contributed by atoms with Crippen LogP contribution in [-0.2, 0) is 0 Å². The Kier molecular flexibility index (Phi) is 590. The molecule has 0 heterocycles. The molecule has 0 spiro atoms. The van der Waals surface area contributed by atoms with Gasteiger partial charge in [0.2, 0.25) is 0 Å². The van der Waals surface area contributed by atoms with Crippen LogP contribution in [0, 0.1) is 0 Å². The average Bonchev–Trinajstić information content (AvgIpc) is 0. The van der Waals surface area contributed by atoms with E-state index in [1.54, 1.807) is 0 Å². The van der Waals surface area contributed by atoms with Gasteiger partial charge in [0.05, 0.1) is 0 Å². The summed E-state index contributed by atoms with van der Waals surface area (Å²) in [4.78, 5) is 0. The van der Waals surface area contributed by atoms with E-state index in [4.69, 9.17) is 0 Å². The van der Waals surface area contributed by atoms with Crippen LogP contribution in [0.3, 0.4) is 0 Å². The van der Waals surface area contributed by atoms with Crippen LogP contribution in [0.5, 0.6) is 0 Å². The van der Waals surface area contributed by atoms with Crippen molar-refractivity contribution in [3.8, 4) is 0 Å². The quantitative estimate of drug-likeness (QED) is 0.403. The van der Waals surface area contributed by atoms with Crippen molar-refractivity contribution in [1.29, 1.82) is 0 Å². The van der Waals surface area contributed by atoms with Crippen LogP contribution in [0.2, 0.25) is 0 Å². The van der Waals surface area contributed by atoms with E-state index >= 15 is 0 Å². The molecule has 0 unspecified atom stereocenters. The van der Waals surface area contributed by atoms with Crippen LogP contribution in [0.15, 0.2) is 0 Å². The van der Waals surface area contributed by atoms with Crippen molar-refractivity contribution in [2.45, 2.75) is 0 Å². The van der Waals surface area contributed by atoms with Crippen molar-refractivity contribution >= 4 is 37.2 Å². The van der Waals surface area contributed by atoms with Gasteiger partial charge in [0.15, 0.2) is 0 Å². The third-order valence-electron chi connectivity index (χ3n) is 0. The van der Waals surface area contributed by atoms with Crippen LogP contribution in [0.25, 0.3) is 0 Å². The maximum absolute atomic E-state index is 0. The second-order valence-electron chi connectivity index (χ2n) is 0. The Bertz CT molecular complexity index is 8.00. The van der Waals surface area contributed by atoms with Gasteiger partial charge in [-0.05, 0) is 0 Å². The molecule has 0 aromatic carbocycles. The Balaban J connectivity index is 0. The van der Waals surface area contributed by atoms with Crippen molar-refractivity contribution in [1.82, 2.24) is 6.15 Å². The first kappa shape index (κ1) is 71.8. The molecule has 2 nitrogen and oxygen atoms in total. The minimum Gasteiger partial charge on any atom is -0.412 e. The Hall–Kier alpha value is 1.09. The zero-order valence-electron chi connectivity index (χ0n) is 2.36. The molecule has 0 aromatic rings. The van der Waals surface area contributed by atoms with Crippen molar-refractivity contribution in [3.63, 3.8) is 0 Å². The Labute approximate surface area is 49.0 Å². The topological polar surface area (TPSA) is 66.5 Å². The number of hydrogen-bond acceptors (Lipinski definition) is 1. The summed E-state index contributed by atoms with van der Waals surface area (Å²) in [6.07, 6.45) is 0. The summed E-state index contributed by atoms with van der Waals surface area (Å²) in [5.41, 5.74) is 0. The smallest absolute Gasteiger partial charge is 0 e. The van der Waals surface area contributed by atoms with Crippen LogP contribution >= 0.6 is 0 Å². The van der Waals surface area contributed by atoms with E-state index in [0.29, 0.717) is 0 Å². The van der Waals surface area contributed by atoms with Gasteiger partial charge in [0.25, 0.3) is 0 Å². The molecular formula is H5AlGaNO. The molecule has 22 valence electrons. The molecule has 0 bridgehead atoms. The molecule has 0 saturated heterocycles. The minimum absolute atomic E-state index is 0. The van der Waals surface area contributed by atoms with Crippen molar-refractivity contribution in [2.75, 3.05) is 0 Å². The summed E-state index contributed by atoms with van der Waals surface area (Å²) >= 11 is 0. The van der Waals surface area contributed by atoms with Gasteiger partial charge < -0.3 is 11.6 Å². The SMILES string of the molecule is N.O.[Al].[Ga]. The molecule has 4 heavy (non-hydrogen) atoms. The first-order valence-corrected chi connectivity index (χ1v) is 0. The second-order valence-corrected chi connectivity index (χ2v) is 0. The average molecular weight is 132 g/mol. The first-order valence-electron chi connectivity index (χ1n) is 0. The summed E-state index contributed by atoms with van der Waals surface area (Å²) in [5.74, 6) is 0. The number of rotatable bonds is 0. The first-order chi connectivity index (χ1) is 0. The fourth-order valence-electron chi connectivity index (χ4n) is 0. The molecule has 0 saturated carbocycles. The molecule has 5 N–H and O–H groups in total. The molecule has 6 radical (unpaired) electrons. The molecule has 0 aliphatic heterocycles. The summed E-state index contributed by atoms with van der Waals surface area (Å²) in [6, 6.07) is 0. The Morgan fingerprint density at radius 1 is 1.00 bits per heavy atom. The molecule has 0 rings (SSSR count). The van der Waals surface area contributed by atoms with Gasteiger partial charge in [-0.3, -0.25) is 0 Å². The van der Waals surface area contributed by atoms with Crippen molar-refractivity contribution in [2.24, 2.45) is 0 Å². The Morgan fingerprint density at radius 2 is 1.00 bits per heavy atom. The molecule has 0 aliphatic carbocycles. The molecular weight excluding hydrogens is 127 g/mol. The van der Waals surface area contributed by atoms with Crippen LogP contribution < -0.4 is 6.15 Å². The van der Waals surface area contributed by atoms with Crippen LogP contribution in [0.1, 0.15) is 0 Å². The van der Waals surface area contributed by atoms with E-state index < -0.39 is 0 Å². The standard InChI is InChI=1S/Al.Ga.H3N.H2O/h;;1H3;1H2. The molecule has 4 heteroatoms. The van der Waals surface area contributed by atoms with E-state index in [2.05, 4.69) is 0 Å². The van der Waals surface area contributed by atoms with E-state index in [9.17, 15) is 0 Å².